The summed E-state index contributed by atoms with van der Waals surface area (Å²) in [4.78, 5) is 26.2. The number of hydrogen-bond donors (Lipinski definition) is 1. The molecule has 0 aliphatic carbocycles. The van der Waals surface area contributed by atoms with E-state index < -0.39 is 5.97 Å². The topological polar surface area (TPSA) is 60.9 Å². The molecular weight excluding hydrogens is 292 g/mol. The van der Waals surface area contributed by atoms with Crippen LogP contribution in [0.25, 0.3) is 0 Å². The van der Waals surface area contributed by atoms with Crippen molar-refractivity contribution in [1.29, 1.82) is 0 Å². The van der Waals surface area contributed by atoms with Gasteiger partial charge >= 0.3 is 12.0 Å². The van der Waals surface area contributed by atoms with Crippen LogP contribution in [0.3, 0.4) is 0 Å². The lowest BCUT2D eigenvalue weighted by Crippen LogP contribution is -2.43. The molecule has 0 aliphatic rings. The van der Waals surface area contributed by atoms with Crippen LogP contribution in [0.5, 0.6) is 0 Å². The van der Waals surface area contributed by atoms with E-state index in [1.807, 2.05) is 32.0 Å². The summed E-state index contributed by atoms with van der Waals surface area (Å²) in [6.45, 7) is 4.38. The highest BCUT2D eigenvalue weighted by atomic mass is 35.5. The maximum atomic E-state index is 12.4. The second-order valence-corrected chi connectivity index (χ2v) is 5.22. The van der Waals surface area contributed by atoms with Gasteiger partial charge in [-0.2, -0.15) is 0 Å². The van der Waals surface area contributed by atoms with Crippen molar-refractivity contribution in [1.82, 2.24) is 9.80 Å². The third kappa shape index (κ3) is 4.63. The van der Waals surface area contributed by atoms with Crippen molar-refractivity contribution in [2.75, 3.05) is 20.1 Å². The van der Waals surface area contributed by atoms with Crippen molar-refractivity contribution in [3.05, 3.63) is 34.9 Å². The Morgan fingerprint density at radius 2 is 1.95 bits per heavy atom. The number of carbonyl (C=O) groups excluding carboxylic acids is 1. The van der Waals surface area contributed by atoms with E-state index in [9.17, 15) is 9.59 Å². The third-order valence-corrected chi connectivity index (χ3v) is 3.83. The Morgan fingerprint density at radius 3 is 2.48 bits per heavy atom. The van der Waals surface area contributed by atoms with E-state index in [1.165, 1.54) is 4.90 Å². The zero-order chi connectivity index (χ0) is 16.0. The number of rotatable bonds is 6. The predicted octanol–water partition coefficient (Wildman–Crippen LogP) is 3.25. The minimum Gasteiger partial charge on any atom is -0.481 e. The van der Waals surface area contributed by atoms with Gasteiger partial charge in [-0.3, -0.25) is 4.79 Å². The second-order valence-electron chi connectivity index (χ2n) is 4.81. The Labute approximate surface area is 130 Å². The van der Waals surface area contributed by atoms with Gasteiger partial charge in [0, 0.05) is 25.2 Å². The normalized spacial score (nSPS) is 11.8. The van der Waals surface area contributed by atoms with Gasteiger partial charge in [0.1, 0.15) is 0 Å². The zero-order valence-electron chi connectivity index (χ0n) is 12.5. The van der Waals surface area contributed by atoms with Gasteiger partial charge in [0.25, 0.3) is 0 Å². The molecule has 0 aliphatic heterocycles. The summed E-state index contributed by atoms with van der Waals surface area (Å²) in [7, 11) is 1.69. The minimum atomic E-state index is -0.914. The molecule has 0 radical (unpaired) electrons. The first-order valence-electron chi connectivity index (χ1n) is 6.86. The summed E-state index contributed by atoms with van der Waals surface area (Å²) in [5.41, 5.74) is 0.865. The SMILES string of the molecule is CCN(CCC(=O)O)C(=O)N(C)C(C)c1ccccc1Cl. The van der Waals surface area contributed by atoms with Gasteiger partial charge < -0.3 is 14.9 Å². The quantitative estimate of drug-likeness (QED) is 0.877. The predicted molar refractivity (Wildman–Crippen MR) is 82.5 cm³/mol. The lowest BCUT2D eigenvalue weighted by atomic mass is 10.1. The van der Waals surface area contributed by atoms with Crippen molar-refractivity contribution < 1.29 is 14.7 Å². The molecule has 1 rings (SSSR count). The third-order valence-electron chi connectivity index (χ3n) is 3.49. The molecule has 0 spiro atoms. The maximum Gasteiger partial charge on any atom is 0.320 e. The average Bonchev–Trinajstić information content (AvgIpc) is 2.46. The van der Waals surface area contributed by atoms with E-state index in [4.69, 9.17) is 16.7 Å². The molecule has 116 valence electrons. The fourth-order valence-electron chi connectivity index (χ4n) is 2.03. The fourth-order valence-corrected chi connectivity index (χ4v) is 2.32. The van der Waals surface area contributed by atoms with Crippen LogP contribution in [-0.4, -0.2) is 47.0 Å². The molecule has 0 fully saturated rings. The van der Waals surface area contributed by atoms with Gasteiger partial charge in [0.05, 0.1) is 12.5 Å². The Morgan fingerprint density at radius 1 is 1.33 bits per heavy atom. The number of halogens is 1. The molecule has 0 saturated heterocycles. The van der Waals surface area contributed by atoms with Crippen molar-refractivity contribution in [2.45, 2.75) is 26.3 Å². The molecule has 1 aromatic carbocycles. The van der Waals surface area contributed by atoms with Gasteiger partial charge in [-0.15, -0.1) is 0 Å². The number of nitrogens with zero attached hydrogens (tertiary/aromatic N) is 2. The molecule has 1 aromatic rings. The van der Waals surface area contributed by atoms with Crippen LogP contribution < -0.4 is 0 Å². The Balaban J connectivity index is 2.80. The number of carbonyl (C=O) groups is 2. The Bertz CT molecular complexity index is 507. The highest BCUT2D eigenvalue weighted by molar-refractivity contribution is 6.31. The molecular formula is C15H21ClN2O3. The Hall–Kier alpha value is -1.75. The summed E-state index contributed by atoms with van der Waals surface area (Å²) in [6.07, 6.45) is -0.0616. The lowest BCUT2D eigenvalue weighted by molar-refractivity contribution is -0.137. The molecule has 1 atom stereocenters. The van der Waals surface area contributed by atoms with Crippen molar-refractivity contribution >= 4 is 23.6 Å². The summed E-state index contributed by atoms with van der Waals surface area (Å²) in [5.74, 6) is -0.914. The lowest BCUT2D eigenvalue weighted by Gasteiger charge is -2.31. The zero-order valence-corrected chi connectivity index (χ0v) is 13.3. The van der Waals surface area contributed by atoms with Crippen molar-refractivity contribution in [3.63, 3.8) is 0 Å². The van der Waals surface area contributed by atoms with Crippen LogP contribution in [-0.2, 0) is 4.79 Å². The van der Waals surface area contributed by atoms with E-state index >= 15 is 0 Å². The van der Waals surface area contributed by atoms with E-state index in [2.05, 4.69) is 0 Å². The number of carboxylic acid groups (broad SMARTS) is 1. The second kappa shape index (κ2) is 7.88. The van der Waals surface area contributed by atoms with Gasteiger partial charge in [-0.05, 0) is 25.5 Å². The number of carboxylic acids is 1. The van der Waals surface area contributed by atoms with Crippen LogP contribution in [0.2, 0.25) is 5.02 Å². The molecule has 0 saturated carbocycles. The first-order valence-corrected chi connectivity index (χ1v) is 7.24. The molecule has 0 aromatic heterocycles. The number of aliphatic carboxylic acids is 1. The minimum absolute atomic E-state index is 0.0616. The Kier molecular flexibility index (Phi) is 6.49. The largest absolute Gasteiger partial charge is 0.481 e. The summed E-state index contributed by atoms with van der Waals surface area (Å²) in [6, 6.07) is 6.98. The van der Waals surface area contributed by atoms with Gasteiger partial charge in [0.15, 0.2) is 0 Å². The van der Waals surface area contributed by atoms with E-state index in [0.29, 0.717) is 11.6 Å². The average molecular weight is 313 g/mol. The monoisotopic (exact) mass is 312 g/mol. The van der Waals surface area contributed by atoms with Gasteiger partial charge in [0.2, 0.25) is 0 Å². The van der Waals surface area contributed by atoms with Crippen LogP contribution in [0.1, 0.15) is 31.9 Å². The van der Waals surface area contributed by atoms with E-state index in [1.54, 1.807) is 18.0 Å². The molecule has 0 bridgehead atoms. The smallest absolute Gasteiger partial charge is 0.320 e. The summed E-state index contributed by atoms with van der Waals surface area (Å²) in [5, 5.41) is 9.34. The standard InChI is InChI=1S/C15H21ClN2O3/c1-4-18(10-9-14(19)20)15(21)17(3)11(2)12-7-5-6-8-13(12)16/h5-8,11H,4,9-10H2,1-3H3,(H,19,20). The van der Waals surface area contributed by atoms with Crippen LogP contribution in [0.4, 0.5) is 4.79 Å². The molecule has 1 N–H and O–H groups in total. The van der Waals surface area contributed by atoms with E-state index in [0.717, 1.165) is 5.56 Å². The van der Waals surface area contributed by atoms with Gasteiger partial charge in [-0.25, -0.2) is 4.79 Å². The highest BCUT2D eigenvalue weighted by Crippen LogP contribution is 2.26. The summed E-state index contributed by atoms with van der Waals surface area (Å²) >= 11 is 6.15. The maximum absolute atomic E-state index is 12.4. The summed E-state index contributed by atoms with van der Waals surface area (Å²) < 4.78 is 0. The molecule has 1 unspecified atom stereocenters. The van der Waals surface area contributed by atoms with Gasteiger partial charge in [-0.1, -0.05) is 29.8 Å². The molecule has 2 amide bonds. The highest BCUT2D eigenvalue weighted by Gasteiger charge is 2.23. The van der Waals surface area contributed by atoms with Crippen LogP contribution in [0, 0.1) is 0 Å². The van der Waals surface area contributed by atoms with Crippen molar-refractivity contribution in [3.8, 4) is 0 Å². The van der Waals surface area contributed by atoms with Crippen LogP contribution in [0.15, 0.2) is 24.3 Å². The van der Waals surface area contributed by atoms with Crippen molar-refractivity contribution in [2.24, 2.45) is 0 Å². The molecule has 21 heavy (non-hydrogen) atoms. The first kappa shape index (κ1) is 17.3. The molecule has 6 heteroatoms. The number of benzene rings is 1. The van der Waals surface area contributed by atoms with Crippen LogP contribution >= 0.6 is 11.6 Å². The van der Waals surface area contributed by atoms with E-state index in [-0.39, 0.29) is 25.0 Å². The first-order chi connectivity index (χ1) is 9.88. The fraction of sp³-hybridized carbons (Fsp3) is 0.467. The molecule has 5 nitrogen and oxygen atoms in total. The number of amides is 2. The number of hydrogen-bond acceptors (Lipinski definition) is 2. The molecule has 0 heterocycles. The number of urea groups is 1.